The van der Waals surface area contributed by atoms with Gasteiger partial charge >= 0.3 is 0 Å². The third kappa shape index (κ3) is 2.92. The van der Waals surface area contributed by atoms with Crippen LogP contribution in [0, 0.1) is 0 Å². The quantitative estimate of drug-likeness (QED) is 0.890. The van der Waals surface area contributed by atoms with E-state index in [0.29, 0.717) is 12.6 Å². The molecule has 1 aliphatic rings. The molecule has 2 heteroatoms. The number of aryl methyl sites for hydroxylation is 1. The van der Waals surface area contributed by atoms with E-state index in [2.05, 4.69) is 29.6 Å². The summed E-state index contributed by atoms with van der Waals surface area (Å²) in [6.07, 6.45) is 3.11. The van der Waals surface area contributed by atoms with Crippen molar-refractivity contribution in [3.8, 4) is 0 Å². The first kappa shape index (κ1) is 13.3. The smallest absolute Gasteiger partial charge is 0.0914 e. The molecular weight excluding hydrogens is 246 g/mol. The van der Waals surface area contributed by atoms with Crippen molar-refractivity contribution in [2.24, 2.45) is 0 Å². The Balaban J connectivity index is 1.65. The van der Waals surface area contributed by atoms with Crippen molar-refractivity contribution >= 4 is 0 Å². The Morgan fingerprint density at radius 1 is 1.05 bits per heavy atom. The van der Waals surface area contributed by atoms with E-state index in [9.17, 15) is 5.11 Å². The van der Waals surface area contributed by atoms with Crippen molar-refractivity contribution in [2.45, 2.75) is 31.4 Å². The van der Waals surface area contributed by atoms with Crippen molar-refractivity contribution in [3.63, 3.8) is 0 Å². The molecule has 1 aliphatic carbocycles. The van der Waals surface area contributed by atoms with Crippen molar-refractivity contribution in [3.05, 3.63) is 71.3 Å². The molecule has 0 spiro atoms. The van der Waals surface area contributed by atoms with Crippen LogP contribution in [-0.2, 0) is 6.42 Å². The summed E-state index contributed by atoms with van der Waals surface area (Å²) in [7, 11) is 0. The van der Waals surface area contributed by atoms with E-state index in [1.807, 2.05) is 30.3 Å². The van der Waals surface area contributed by atoms with Crippen LogP contribution in [-0.4, -0.2) is 11.7 Å². The Kier molecular flexibility index (Phi) is 4.14. The largest absolute Gasteiger partial charge is 0.387 e. The lowest BCUT2D eigenvalue weighted by atomic mass is 9.87. The molecule has 2 aromatic rings. The number of fused-ring (bicyclic) bond motifs is 1. The summed E-state index contributed by atoms with van der Waals surface area (Å²) in [6, 6.07) is 18.9. The lowest BCUT2D eigenvalue weighted by molar-refractivity contribution is 0.168. The first-order chi connectivity index (χ1) is 9.84. The van der Waals surface area contributed by atoms with Crippen LogP contribution in [0.25, 0.3) is 0 Å². The van der Waals surface area contributed by atoms with Gasteiger partial charge in [0.2, 0.25) is 0 Å². The molecule has 3 rings (SSSR count). The zero-order chi connectivity index (χ0) is 13.8. The number of nitrogens with one attached hydrogen (secondary N) is 1. The molecule has 0 bridgehead atoms. The van der Waals surface area contributed by atoms with Crippen LogP contribution in [0.15, 0.2) is 54.6 Å². The predicted octanol–water partition coefficient (Wildman–Crippen LogP) is 3.39. The summed E-state index contributed by atoms with van der Waals surface area (Å²) in [5, 5.41) is 13.8. The van der Waals surface area contributed by atoms with E-state index in [1.54, 1.807) is 0 Å². The van der Waals surface area contributed by atoms with Crippen LogP contribution in [0.3, 0.4) is 0 Å². The molecule has 2 N–H and O–H groups in total. The van der Waals surface area contributed by atoms with Crippen LogP contribution in [0.5, 0.6) is 0 Å². The Labute approximate surface area is 120 Å². The molecule has 0 fully saturated rings. The van der Waals surface area contributed by atoms with E-state index in [1.165, 1.54) is 24.0 Å². The van der Waals surface area contributed by atoms with Crippen LogP contribution < -0.4 is 5.32 Å². The zero-order valence-corrected chi connectivity index (χ0v) is 11.6. The number of rotatable bonds is 4. The molecule has 2 atom stereocenters. The summed E-state index contributed by atoms with van der Waals surface area (Å²) in [6.45, 7) is 0.600. The third-order valence-electron chi connectivity index (χ3n) is 4.11. The van der Waals surface area contributed by atoms with Crippen LogP contribution in [0.4, 0.5) is 0 Å². The molecule has 0 saturated heterocycles. The van der Waals surface area contributed by atoms with Gasteiger partial charge in [0.25, 0.3) is 0 Å². The minimum atomic E-state index is -0.440. The first-order valence-corrected chi connectivity index (χ1v) is 7.39. The van der Waals surface area contributed by atoms with Crippen molar-refractivity contribution < 1.29 is 5.11 Å². The fraction of sp³-hybridized carbons (Fsp3) is 0.333. The minimum Gasteiger partial charge on any atom is -0.387 e. The van der Waals surface area contributed by atoms with Crippen LogP contribution >= 0.6 is 0 Å². The van der Waals surface area contributed by atoms with Gasteiger partial charge in [-0.05, 0) is 36.0 Å². The molecule has 0 aromatic heterocycles. The van der Waals surface area contributed by atoms with Crippen LogP contribution in [0.2, 0.25) is 0 Å². The predicted molar refractivity (Wildman–Crippen MR) is 81.5 cm³/mol. The summed E-state index contributed by atoms with van der Waals surface area (Å²) in [5.41, 5.74) is 3.83. The van der Waals surface area contributed by atoms with E-state index >= 15 is 0 Å². The maximum Gasteiger partial charge on any atom is 0.0914 e. The number of aliphatic hydroxyl groups is 1. The third-order valence-corrected chi connectivity index (χ3v) is 4.11. The van der Waals surface area contributed by atoms with Gasteiger partial charge in [-0.2, -0.15) is 0 Å². The van der Waals surface area contributed by atoms with Gasteiger partial charge in [0.15, 0.2) is 0 Å². The second kappa shape index (κ2) is 6.21. The monoisotopic (exact) mass is 267 g/mol. The highest BCUT2D eigenvalue weighted by atomic mass is 16.3. The topological polar surface area (TPSA) is 32.3 Å². The fourth-order valence-electron chi connectivity index (χ4n) is 3.01. The van der Waals surface area contributed by atoms with E-state index in [-0.39, 0.29) is 0 Å². The SMILES string of the molecule is OC(CNC1CCCc2ccccc21)c1ccccc1. The van der Waals surface area contributed by atoms with Crippen molar-refractivity contribution in [1.82, 2.24) is 5.32 Å². The Hall–Kier alpha value is -1.64. The van der Waals surface area contributed by atoms with Crippen molar-refractivity contribution in [2.75, 3.05) is 6.54 Å². The van der Waals surface area contributed by atoms with Gasteiger partial charge in [0, 0.05) is 12.6 Å². The Morgan fingerprint density at radius 2 is 1.80 bits per heavy atom. The molecule has 104 valence electrons. The summed E-state index contributed by atoms with van der Waals surface area (Å²) >= 11 is 0. The van der Waals surface area contributed by atoms with Gasteiger partial charge in [0.05, 0.1) is 6.10 Å². The molecule has 0 saturated carbocycles. The minimum absolute atomic E-state index is 0.373. The lowest BCUT2D eigenvalue weighted by Gasteiger charge is -2.27. The lowest BCUT2D eigenvalue weighted by Crippen LogP contribution is -2.29. The summed E-state index contributed by atoms with van der Waals surface area (Å²) in [4.78, 5) is 0. The van der Waals surface area contributed by atoms with E-state index in [4.69, 9.17) is 0 Å². The Bertz CT molecular complexity index is 552. The fourth-order valence-corrected chi connectivity index (χ4v) is 3.01. The second-order valence-corrected chi connectivity index (χ2v) is 5.48. The molecular formula is C18H21NO. The molecule has 0 amide bonds. The molecule has 20 heavy (non-hydrogen) atoms. The molecule has 2 unspecified atom stereocenters. The highest BCUT2D eigenvalue weighted by Gasteiger charge is 2.20. The van der Waals surface area contributed by atoms with Gasteiger partial charge in [-0.15, -0.1) is 0 Å². The van der Waals surface area contributed by atoms with Gasteiger partial charge < -0.3 is 10.4 Å². The normalized spacial score (nSPS) is 19.4. The average molecular weight is 267 g/mol. The van der Waals surface area contributed by atoms with Crippen LogP contribution in [0.1, 0.15) is 41.7 Å². The van der Waals surface area contributed by atoms with Crippen molar-refractivity contribution in [1.29, 1.82) is 0 Å². The standard InChI is InChI=1S/C18H21NO/c20-18(15-8-2-1-3-9-15)13-19-17-12-6-10-14-7-4-5-11-16(14)17/h1-5,7-9,11,17-20H,6,10,12-13H2. The molecule has 0 aliphatic heterocycles. The highest BCUT2D eigenvalue weighted by molar-refractivity contribution is 5.32. The maximum atomic E-state index is 10.2. The van der Waals surface area contributed by atoms with Gasteiger partial charge in [-0.1, -0.05) is 54.6 Å². The number of benzene rings is 2. The van der Waals surface area contributed by atoms with Gasteiger partial charge in [0.1, 0.15) is 0 Å². The first-order valence-electron chi connectivity index (χ1n) is 7.39. The van der Waals surface area contributed by atoms with Gasteiger partial charge in [-0.3, -0.25) is 0 Å². The van der Waals surface area contributed by atoms with E-state index < -0.39 is 6.10 Å². The number of hydrogen-bond donors (Lipinski definition) is 2. The Morgan fingerprint density at radius 3 is 2.65 bits per heavy atom. The summed E-state index contributed by atoms with van der Waals surface area (Å²) < 4.78 is 0. The number of hydrogen-bond acceptors (Lipinski definition) is 2. The molecule has 2 aromatic carbocycles. The highest BCUT2D eigenvalue weighted by Crippen LogP contribution is 2.29. The average Bonchev–Trinajstić information content (AvgIpc) is 2.53. The number of aliphatic hydroxyl groups excluding tert-OH is 1. The van der Waals surface area contributed by atoms with E-state index in [0.717, 1.165) is 12.0 Å². The molecule has 2 nitrogen and oxygen atoms in total. The molecule has 0 heterocycles. The maximum absolute atomic E-state index is 10.2. The second-order valence-electron chi connectivity index (χ2n) is 5.48. The molecule has 0 radical (unpaired) electrons. The van der Waals surface area contributed by atoms with Gasteiger partial charge in [-0.25, -0.2) is 0 Å². The summed E-state index contributed by atoms with van der Waals surface area (Å²) in [5.74, 6) is 0. The zero-order valence-electron chi connectivity index (χ0n) is 11.6.